The molecule has 2 aliphatic rings. The van der Waals surface area contributed by atoms with Crippen molar-refractivity contribution in [2.24, 2.45) is 0 Å². The Balaban J connectivity index is 1.76. The zero-order valence-electron chi connectivity index (χ0n) is 11.2. The van der Waals surface area contributed by atoms with E-state index < -0.39 is 0 Å². The van der Waals surface area contributed by atoms with Gasteiger partial charge in [-0.15, -0.1) is 0 Å². The first kappa shape index (κ1) is 12.3. The molecule has 4 nitrogen and oxygen atoms in total. The van der Waals surface area contributed by atoms with Crippen molar-refractivity contribution in [3.8, 4) is 0 Å². The molecule has 2 amide bonds. The molecule has 1 heterocycles. The largest absolute Gasteiger partial charge is 0.399 e. The molecule has 1 fully saturated rings. The Morgan fingerprint density at radius 3 is 2.84 bits per heavy atom. The van der Waals surface area contributed by atoms with E-state index in [9.17, 15) is 4.79 Å². The minimum Gasteiger partial charge on any atom is -0.399 e. The Kier molecular flexibility index (Phi) is 3.32. The number of urea groups is 1. The van der Waals surface area contributed by atoms with E-state index in [0.717, 1.165) is 43.6 Å². The number of nitrogen functional groups attached to an aromatic ring is 1. The molecule has 3 rings (SSSR count). The van der Waals surface area contributed by atoms with Crippen LogP contribution in [0.2, 0.25) is 0 Å². The summed E-state index contributed by atoms with van der Waals surface area (Å²) in [6.45, 7) is 0.801. The smallest absolute Gasteiger partial charge is 0.322 e. The van der Waals surface area contributed by atoms with Gasteiger partial charge < -0.3 is 11.1 Å². The van der Waals surface area contributed by atoms with Crippen molar-refractivity contribution in [2.45, 2.75) is 44.6 Å². The molecular weight excluding hydrogens is 238 g/mol. The lowest BCUT2D eigenvalue weighted by Gasteiger charge is -2.30. The van der Waals surface area contributed by atoms with Gasteiger partial charge in [0.25, 0.3) is 0 Å². The van der Waals surface area contributed by atoms with E-state index in [-0.39, 0.29) is 6.03 Å². The van der Waals surface area contributed by atoms with Gasteiger partial charge in [0.15, 0.2) is 0 Å². The van der Waals surface area contributed by atoms with Crippen molar-refractivity contribution in [3.05, 3.63) is 23.8 Å². The monoisotopic (exact) mass is 259 g/mol. The Morgan fingerprint density at radius 1 is 1.26 bits per heavy atom. The first-order chi connectivity index (χ1) is 9.24. The number of nitrogens with two attached hydrogens (primary N) is 1. The third-order valence-electron chi connectivity index (χ3n) is 4.15. The number of amides is 2. The van der Waals surface area contributed by atoms with Gasteiger partial charge in [-0.2, -0.15) is 0 Å². The topological polar surface area (TPSA) is 58.4 Å². The molecule has 1 saturated carbocycles. The maximum atomic E-state index is 12.4. The van der Waals surface area contributed by atoms with Gasteiger partial charge in [-0.3, -0.25) is 4.90 Å². The van der Waals surface area contributed by atoms with Crippen LogP contribution in [0.3, 0.4) is 0 Å². The van der Waals surface area contributed by atoms with Crippen LogP contribution in [0.1, 0.15) is 37.7 Å². The molecule has 0 spiro atoms. The lowest BCUT2D eigenvalue weighted by Crippen LogP contribution is -2.46. The van der Waals surface area contributed by atoms with Crippen molar-refractivity contribution in [2.75, 3.05) is 17.2 Å². The first-order valence-corrected chi connectivity index (χ1v) is 7.20. The zero-order valence-corrected chi connectivity index (χ0v) is 11.2. The SMILES string of the molecule is Nc1ccc2c(c1)CCCN2C(=O)NC1CCCC1. The molecule has 19 heavy (non-hydrogen) atoms. The van der Waals surface area contributed by atoms with Gasteiger partial charge in [-0.25, -0.2) is 4.79 Å². The minimum absolute atomic E-state index is 0.0534. The summed E-state index contributed by atoms with van der Waals surface area (Å²) in [6.07, 6.45) is 6.72. The Morgan fingerprint density at radius 2 is 2.05 bits per heavy atom. The number of nitrogens with zero attached hydrogens (tertiary/aromatic N) is 1. The van der Waals surface area contributed by atoms with Crippen molar-refractivity contribution in [1.29, 1.82) is 0 Å². The summed E-state index contributed by atoms with van der Waals surface area (Å²) in [4.78, 5) is 14.3. The summed E-state index contributed by atoms with van der Waals surface area (Å²) in [7, 11) is 0. The molecule has 0 bridgehead atoms. The molecule has 1 aromatic carbocycles. The fourth-order valence-corrected chi connectivity index (χ4v) is 3.15. The second-order valence-corrected chi connectivity index (χ2v) is 5.57. The Hall–Kier alpha value is -1.71. The number of anilines is 2. The third kappa shape index (κ3) is 2.53. The van der Waals surface area contributed by atoms with Crippen molar-refractivity contribution < 1.29 is 4.79 Å². The van der Waals surface area contributed by atoms with Crippen LogP contribution in [0.25, 0.3) is 0 Å². The average Bonchev–Trinajstić information content (AvgIpc) is 2.90. The normalized spacial score (nSPS) is 19.3. The van der Waals surface area contributed by atoms with Gasteiger partial charge >= 0.3 is 6.03 Å². The summed E-state index contributed by atoms with van der Waals surface area (Å²) in [5.74, 6) is 0. The standard InChI is InChI=1S/C15H21N3O/c16-12-7-8-14-11(10-12)4-3-9-18(14)15(19)17-13-5-1-2-6-13/h7-8,10,13H,1-6,9,16H2,(H,17,19). The maximum Gasteiger partial charge on any atom is 0.322 e. The molecule has 0 unspecified atom stereocenters. The number of fused-ring (bicyclic) bond motifs is 1. The highest BCUT2D eigenvalue weighted by Crippen LogP contribution is 2.29. The highest BCUT2D eigenvalue weighted by Gasteiger charge is 2.25. The van der Waals surface area contributed by atoms with Crippen molar-refractivity contribution in [3.63, 3.8) is 0 Å². The molecule has 3 N–H and O–H groups in total. The second-order valence-electron chi connectivity index (χ2n) is 5.57. The number of carbonyl (C=O) groups excluding carboxylic acids is 1. The lowest BCUT2D eigenvalue weighted by atomic mass is 10.0. The van der Waals surface area contributed by atoms with Crippen LogP contribution < -0.4 is 16.0 Å². The summed E-state index contributed by atoms with van der Waals surface area (Å²) in [5, 5.41) is 3.16. The number of rotatable bonds is 1. The summed E-state index contributed by atoms with van der Waals surface area (Å²) in [5.41, 5.74) is 8.80. The fraction of sp³-hybridized carbons (Fsp3) is 0.533. The zero-order chi connectivity index (χ0) is 13.2. The van der Waals surface area contributed by atoms with E-state index in [1.54, 1.807) is 0 Å². The van der Waals surface area contributed by atoms with Gasteiger partial charge in [0.2, 0.25) is 0 Å². The molecule has 0 atom stereocenters. The number of nitrogens with one attached hydrogen (secondary N) is 1. The molecule has 0 radical (unpaired) electrons. The van der Waals surface area contributed by atoms with Crippen molar-refractivity contribution >= 4 is 17.4 Å². The average molecular weight is 259 g/mol. The Labute approximate surface area is 114 Å². The summed E-state index contributed by atoms with van der Waals surface area (Å²) in [6, 6.07) is 6.26. The molecule has 1 aromatic rings. The highest BCUT2D eigenvalue weighted by molar-refractivity contribution is 5.93. The number of hydrogen-bond donors (Lipinski definition) is 2. The summed E-state index contributed by atoms with van der Waals surface area (Å²) >= 11 is 0. The van der Waals surface area contributed by atoms with E-state index in [4.69, 9.17) is 5.73 Å². The lowest BCUT2D eigenvalue weighted by molar-refractivity contribution is 0.242. The van der Waals surface area contributed by atoms with Gasteiger partial charge in [-0.05, 0) is 49.4 Å². The molecule has 1 aliphatic heterocycles. The van der Waals surface area contributed by atoms with Crippen molar-refractivity contribution in [1.82, 2.24) is 5.32 Å². The van der Waals surface area contributed by atoms with Crippen LogP contribution in [0.5, 0.6) is 0 Å². The second kappa shape index (κ2) is 5.11. The van der Waals surface area contributed by atoms with E-state index in [1.165, 1.54) is 18.4 Å². The number of benzene rings is 1. The third-order valence-corrected chi connectivity index (χ3v) is 4.15. The predicted molar refractivity (Wildman–Crippen MR) is 77.3 cm³/mol. The Bertz CT molecular complexity index is 480. The van der Waals surface area contributed by atoms with E-state index in [1.807, 2.05) is 23.1 Å². The quantitative estimate of drug-likeness (QED) is 0.762. The van der Waals surface area contributed by atoms with E-state index in [2.05, 4.69) is 5.32 Å². The van der Waals surface area contributed by atoms with Gasteiger partial charge in [0.1, 0.15) is 0 Å². The molecular formula is C15H21N3O. The number of aryl methyl sites for hydroxylation is 1. The number of carbonyl (C=O) groups is 1. The van der Waals surface area contributed by atoms with Crippen LogP contribution in [-0.2, 0) is 6.42 Å². The number of hydrogen-bond acceptors (Lipinski definition) is 2. The first-order valence-electron chi connectivity index (χ1n) is 7.20. The van der Waals surface area contributed by atoms with Crippen LogP contribution in [0.4, 0.5) is 16.2 Å². The van der Waals surface area contributed by atoms with Crippen LogP contribution >= 0.6 is 0 Å². The molecule has 1 aliphatic carbocycles. The highest BCUT2D eigenvalue weighted by atomic mass is 16.2. The van der Waals surface area contributed by atoms with Crippen LogP contribution in [0.15, 0.2) is 18.2 Å². The maximum absolute atomic E-state index is 12.4. The van der Waals surface area contributed by atoms with E-state index >= 15 is 0 Å². The predicted octanol–water partition coefficient (Wildman–Crippen LogP) is 2.67. The van der Waals surface area contributed by atoms with E-state index in [0.29, 0.717) is 6.04 Å². The van der Waals surface area contributed by atoms with Gasteiger partial charge in [0.05, 0.1) is 0 Å². The molecule has 102 valence electrons. The molecule has 0 saturated heterocycles. The van der Waals surface area contributed by atoms with Crippen LogP contribution in [-0.4, -0.2) is 18.6 Å². The fourth-order valence-electron chi connectivity index (χ4n) is 3.15. The summed E-state index contributed by atoms with van der Waals surface area (Å²) < 4.78 is 0. The molecule has 0 aromatic heterocycles. The van der Waals surface area contributed by atoms with Crippen LogP contribution in [0, 0.1) is 0 Å². The van der Waals surface area contributed by atoms with Gasteiger partial charge in [-0.1, -0.05) is 12.8 Å². The molecule has 4 heteroatoms. The van der Waals surface area contributed by atoms with Gasteiger partial charge in [0, 0.05) is 24.0 Å². The minimum atomic E-state index is 0.0534.